The lowest BCUT2D eigenvalue weighted by molar-refractivity contribution is -0.134. The normalized spacial score (nSPS) is 15.6. The summed E-state index contributed by atoms with van der Waals surface area (Å²) in [6.45, 7) is 0. The zero-order valence-electron chi connectivity index (χ0n) is 15.4. The number of rotatable bonds is 8. The second-order valence-electron chi connectivity index (χ2n) is 5.95. The highest BCUT2D eigenvalue weighted by atomic mass is 16.5. The molecule has 1 fully saturated rings. The molecule has 0 atom stereocenters. The van der Waals surface area contributed by atoms with Crippen LogP contribution < -0.4 is 9.47 Å². The van der Waals surface area contributed by atoms with Crippen LogP contribution in [0.1, 0.15) is 31.2 Å². The van der Waals surface area contributed by atoms with E-state index in [0.29, 0.717) is 6.10 Å². The van der Waals surface area contributed by atoms with Gasteiger partial charge in [0.1, 0.15) is 0 Å². The van der Waals surface area contributed by atoms with Gasteiger partial charge in [0.25, 0.3) is 0 Å². The van der Waals surface area contributed by atoms with Crippen molar-refractivity contribution >= 4 is 12.0 Å². The van der Waals surface area contributed by atoms with Crippen molar-refractivity contribution in [2.24, 2.45) is 0 Å². The number of hydrogen-bond donors (Lipinski definition) is 0. The Morgan fingerprint density at radius 1 is 0.962 bits per heavy atom. The van der Waals surface area contributed by atoms with E-state index in [1.807, 2.05) is 48.6 Å². The van der Waals surface area contributed by atoms with Crippen molar-refractivity contribution in [2.75, 3.05) is 14.2 Å². The van der Waals surface area contributed by atoms with Crippen LogP contribution in [0.3, 0.4) is 0 Å². The van der Waals surface area contributed by atoms with Crippen molar-refractivity contribution in [3.05, 3.63) is 66.3 Å². The Morgan fingerprint density at radius 3 is 2.35 bits per heavy atom. The minimum atomic E-state index is -0.367. The smallest absolute Gasteiger partial charge is 0.330 e. The average molecular weight is 354 g/mol. The van der Waals surface area contributed by atoms with Crippen LogP contribution in [-0.4, -0.2) is 26.3 Å². The molecule has 4 nitrogen and oxygen atoms in total. The monoisotopic (exact) mass is 354 g/mol. The van der Waals surface area contributed by atoms with E-state index < -0.39 is 0 Å². The molecule has 0 radical (unpaired) electrons. The van der Waals surface area contributed by atoms with Crippen LogP contribution in [-0.2, 0) is 9.53 Å². The predicted octanol–water partition coefficient (Wildman–Crippen LogP) is 4.87. The van der Waals surface area contributed by atoms with Gasteiger partial charge < -0.3 is 14.2 Å². The first-order chi connectivity index (χ1) is 12.7. The molecule has 0 bridgehead atoms. The largest absolute Gasteiger partial charge is 0.493 e. The Labute approximate surface area is 155 Å². The summed E-state index contributed by atoms with van der Waals surface area (Å²) in [5.74, 6) is 1.21. The van der Waals surface area contributed by atoms with Crippen LogP contribution in [0.25, 0.3) is 6.08 Å². The van der Waals surface area contributed by atoms with Gasteiger partial charge in [0, 0.05) is 6.08 Å². The summed E-state index contributed by atoms with van der Waals surface area (Å²) in [6.07, 6.45) is 19.4. The SMILES string of the molecule is COC(=O)/C=C/C=C/C=C/C=C/c1ccc(OC)c(OC2CCCC2)c1. The maximum absolute atomic E-state index is 10.9. The number of methoxy groups -OCH3 is 2. The van der Waals surface area contributed by atoms with Gasteiger partial charge in [-0.2, -0.15) is 0 Å². The molecule has 0 N–H and O–H groups in total. The van der Waals surface area contributed by atoms with E-state index >= 15 is 0 Å². The van der Waals surface area contributed by atoms with Crippen LogP contribution >= 0.6 is 0 Å². The highest BCUT2D eigenvalue weighted by Gasteiger charge is 2.18. The van der Waals surface area contributed by atoms with Crippen LogP contribution in [0.15, 0.2) is 60.7 Å². The van der Waals surface area contributed by atoms with Gasteiger partial charge in [0.2, 0.25) is 0 Å². The Bertz CT molecular complexity index is 692. The van der Waals surface area contributed by atoms with E-state index in [1.165, 1.54) is 26.0 Å². The Kier molecular flexibility index (Phi) is 8.27. The Balaban J connectivity index is 1.92. The van der Waals surface area contributed by atoms with Gasteiger partial charge in [-0.1, -0.05) is 48.6 Å². The van der Waals surface area contributed by atoms with Gasteiger partial charge in [0.05, 0.1) is 20.3 Å². The lowest BCUT2D eigenvalue weighted by Crippen LogP contribution is -2.11. The fraction of sp³-hybridized carbons (Fsp3) is 0.318. The summed E-state index contributed by atoms with van der Waals surface area (Å²) in [5.41, 5.74) is 1.05. The number of allylic oxidation sites excluding steroid dienone is 6. The second kappa shape index (κ2) is 11.0. The van der Waals surface area contributed by atoms with E-state index in [0.717, 1.165) is 29.9 Å². The summed E-state index contributed by atoms with van der Waals surface area (Å²) in [7, 11) is 3.01. The van der Waals surface area contributed by atoms with Crippen LogP contribution in [0.5, 0.6) is 11.5 Å². The van der Waals surface area contributed by atoms with Crippen molar-refractivity contribution in [1.29, 1.82) is 0 Å². The van der Waals surface area contributed by atoms with Crippen LogP contribution in [0.2, 0.25) is 0 Å². The molecule has 26 heavy (non-hydrogen) atoms. The quantitative estimate of drug-likeness (QED) is 0.379. The third-order valence-corrected chi connectivity index (χ3v) is 4.06. The summed E-state index contributed by atoms with van der Waals surface area (Å²) in [4.78, 5) is 10.9. The molecular formula is C22H26O4. The molecule has 4 heteroatoms. The van der Waals surface area contributed by atoms with E-state index in [-0.39, 0.29) is 5.97 Å². The molecule has 0 spiro atoms. The van der Waals surface area contributed by atoms with Crippen LogP contribution in [0, 0.1) is 0 Å². The maximum atomic E-state index is 10.9. The van der Waals surface area contributed by atoms with Gasteiger partial charge >= 0.3 is 5.97 Å². The fourth-order valence-electron chi connectivity index (χ4n) is 2.70. The lowest BCUT2D eigenvalue weighted by Gasteiger charge is -2.16. The van der Waals surface area contributed by atoms with E-state index in [1.54, 1.807) is 19.3 Å². The first-order valence-electron chi connectivity index (χ1n) is 8.83. The lowest BCUT2D eigenvalue weighted by atomic mass is 10.1. The average Bonchev–Trinajstić information content (AvgIpc) is 3.17. The van der Waals surface area contributed by atoms with E-state index in [2.05, 4.69) is 4.74 Å². The van der Waals surface area contributed by atoms with Crippen LogP contribution in [0.4, 0.5) is 0 Å². The first kappa shape index (κ1) is 19.6. The Morgan fingerprint density at radius 2 is 1.65 bits per heavy atom. The molecule has 0 aliphatic heterocycles. The van der Waals surface area contributed by atoms with Crippen molar-refractivity contribution < 1.29 is 19.0 Å². The molecule has 0 saturated heterocycles. The topological polar surface area (TPSA) is 44.8 Å². The number of ether oxygens (including phenoxy) is 3. The number of esters is 1. The van der Waals surface area contributed by atoms with Gasteiger partial charge in [-0.3, -0.25) is 0 Å². The van der Waals surface area contributed by atoms with Gasteiger partial charge in [-0.15, -0.1) is 0 Å². The molecule has 1 aliphatic rings. The van der Waals surface area contributed by atoms with Crippen molar-refractivity contribution in [3.63, 3.8) is 0 Å². The van der Waals surface area contributed by atoms with Crippen molar-refractivity contribution in [2.45, 2.75) is 31.8 Å². The molecule has 1 aliphatic carbocycles. The number of carbonyl (C=O) groups is 1. The summed E-state index contributed by atoms with van der Waals surface area (Å²) >= 11 is 0. The first-order valence-corrected chi connectivity index (χ1v) is 8.83. The van der Waals surface area contributed by atoms with Gasteiger partial charge in [-0.05, 0) is 43.4 Å². The second-order valence-corrected chi connectivity index (χ2v) is 5.95. The van der Waals surface area contributed by atoms with Crippen molar-refractivity contribution in [3.8, 4) is 11.5 Å². The predicted molar refractivity (Wildman–Crippen MR) is 104 cm³/mol. The molecule has 0 heterocycles. The zero-order valence-corrected chi connectivity index (χ0v) is 15.4. The molecule has 0 amide bonds. The standard InChI is InChI=1S/C22H26O4/c1-24-20-16-15-18(17-21(20)26-19-12-9-10-13-19)11-7-5-3-4-6-8-14-22(23)25-2/h3-8,11,14-17,19H,9-10,12-13H2,1-2H3/b5-3+,6-4+,11-7+,14-8+. The number of hydrogen-bond acceptors (Lipinski definition) is 4. The molecule has 0 unspecified atom stereocenters. The molecule has 1 aromatic carbocycles. The summed E-state index contributed by atoms with van der Waals surface area (Å²) in [6, 6.07) is 5.95. The summed E-state index contributed by atoms with van der Waals surface area (Å²) in [5, 5.41) is 0. The van der Waals surface area contributed by atoms with Gasteiger partial charge in [-0.25, -0.2) is 4.79 Å². The third-order valence-electron chi connectivity index (χ3n) is 4.06. The molecule has 2 rings (SSSR count). The molecular weight excluding hydrogens is 328 g/mol. The molecule has 1 saturated carbocycles. The fourth-order valence-corrected chi connectivity index (χ4v) is 2.70. The van der Waals surface area contributed by atoms with Gasteiger partial charge in [0.15, 0.2) is 11.5 Å². The number of carbonyl (C=O) groups excluding carboxylic acids is 1. The molecule has 0 aromatic heterocycles. The zero-order chi connectivity index (χ0) is 18.6. The minimum Gasteiger partial charge on any atom is -0.493 e. The Hall–Kier alpha value is -2.75. The summed E-state index contributed by atoms with van der Waals surface area (Å²) < 4.78 is 16.0. The highest BCUT2D eigenvalue weighted by Crippen LogP contribution is 2.32. The minimum absolute atomic E-state index is 0.297. The van der Waals surface area contributed by atoms with E-state index in [9.17, 15) is 4.79 Å². The number of benzene rings is 1. The van der Waals surface area contributed by atoms with E-state index in [4.69, 9.17) is 9.47 Å². The highest BCUT2D eigenvalue weighted by molar-refractivity contribution is 5.82. The molecule has 138 valence electrons. The van der Waals surface area contributed by atoms with Crippen molar-refractivity contribution in [1.82, 2.24) is 0 Å². The maximum Gasteiger partial charge on any atom is 0.330 e. The molecule has 1 aromatic rings. The third kappa shape index (κ3) is 6.63.